The lowest BCUT2D eigenvalue weighted by atomic mass is 10.00. The molecule has 0 spiro atoms. The van der Waals surface area contributed by atoms with Crippen LogP contribution in [0.25, 0.3) is 10.9 Å². The smallest absolute Gasteiger partial charge is 0.326 e. The van der Waals surface area contributed by atoms with Crippen LogP contribution in [0.15, 0.2) is 54.7 Å². The topological polar surface area (TPSA) is 230 Å². The van der Waals surface area contributed by atoms with Crippen molar-refractivity contribution in [1.82, 2.24) is 20.9 Å². The summed E-state index contributed by atoms with van der Waals surface area (Å²) in [6.45, 7) is 3.67. The molecule has 0 fully saturated rings. The van der Waals surface area contributed by atoms with Crippen LogP contribution in [0.4, 0.5) is 0 Å². The lowest BCUT2D eigenvalue weighted by Crippen LogP contribution is -2.57. The van der Waals surface area contributed by atoms with Gasteiger partial charge in [-0.25, -0.2) is 4.79 Å². The summed E-state index contributed by atoms with van der Waals surface area (Å²) >= 11 is 0. The maximum Gasteiger partial charge on any atom is 0.326 e. The number of phenolic OH excluding ortho intramolecular Hbond substituents is 1. The number of para-hydroxylation sites is 1. The van der Waals surface area contributed by atoms with Crippen LogP contribution in [0.5, 0.6) is 5.75 Å². The van der Waals surface area contributed by atoms with E-state index in [1.807, 2.05) is 38.1 Å². The number of fused-ring (bicyclic) bond motifs is 1. The van der Waals surface area contributed by atoms with Crippen LogP contribution in [0.1, 0.15) is 44.2 Å². The van der Waals surface area contributed by atoms with Crippen molar-refractivity contribution >= 4 is 40.5 Å². The number of aromatic amines is 1. The number of nitrogens with one attached hydrogen (secondary N) is 4. The van der Waals surface area contributed by atoms with E-state index in [9.17, 15) is 34.2 Å². The van der Waals surface area contributed by atoms with E-state index in [1.165, 1.54) is 12.1 Å². The molecule has 0 radical (unpaired) electrons. The molecule has 13 nitrogen and oxygen atoms in total. The van der Waals surface area contributed by atoms with E-state index in [-0.39, 0.29) is 43.8 Å². The van der Waals surface area contributed by atoms with Crippen molar-refractivity contribution in [1.29, 1.82) is 0 Å². The molecule has 1 heterocycles. The van der Waals surface area contributed by atoms with Crippen LogP contribution in [0.3, 0.4) is 0 Å². The molecule has 236 valence electrons. The summed E-state index contributed by atoms with van der Waals surface area (Å²) in [4.78, 5) is 66.4. The third-order valence-corrected chi connectivity index (χ3v) is 7.09. The number of carbonyl (C=O) groups excluding carboxylic acids is 4. The molecule has 3 rings (SSSR count). The third-order valence-electron chi connectivity index (χ3n) is 7.09. The monoisotopic (exact) mass is 608 g/mol. The fraction of sp³-hybridized carbons (Fsp3) is 0.387. The quantitative estimate of drug-likeness (QED) is 0.116. The fourth-order valence-corrected chi connectivity index (χ4v) is 4.78. The Hall–Kier alpha value is -4.91. The molecule has 0 saturated carbocycles. The van der Waals surface area contributed by atoms with Crippen molar-refractivity contribution in [3.8, 4) is 5.75 Å². The Morgan fingerprint density at radius 2 is 1.45 bits per heavy atom. The number of phenols is 1. The fourth-order valence-electron chi connectivity index (χ4n) is 4.78. The number of primary amides is 1. The van der Waals surface area contributed by atoms with Gasteiger partial charge >= 0.3 is 5.97 Å². The van der Waals surface area contributed by atoms with Crippen molar-refractivity contribution < 1.29 is 34.2 Å². The number of aliphatic carboxylic acids is 1. The normalized spacial score (nSPS) is 13.9. The highest BCUT2D eigenvalue weighted by atomic mass is 16.4. The van der Waals surface area contributed by atoms with E-state index in [1.54, 1.807) is 18.3 Å². The van der Waals surface area contributed by atoms with Crippen molar-refractivity contribution in [3.63, 3.8) is 0 Å². The van der Waals surface area contributed by atoms with Crippen molar-refractivity contribution in [2.24, 2.45) is 17.4 Å². The number of nitrogens with two attached hydrogens (primary N) is 2. The Balaban J connectivity index is 1.72. The van der Waals surface area contributed by atoms with Gasteiger partial charge in [0.25, 0.3) is 0 Å². The minimum Gasteiger partial charge on any atom is -0.508 e. The number of aromatic nitrogens is 1. The number of aromatic hydroxyl groups is 1. The number of carbonyl (C=O) groups is 5. The molecule has 2 aromatic carbocycles. The Morgan fingerprint density at radius 1 is 0.841 bits per heavy atom. The zero-order chi connectivity index (χ0) is 32.4. The van der Waals surface area contributed by atoms with Crippen LogP contribution < -0.4 is 27.4 Å². The van der Waals surface area contributed by atoms with Gasteiger partial charge in [0.1, 0.15) is 23.9 Å². The highest BCUT2D eigenvalue weighted by Crippen LogP contribution is 2.19. The Labute approximate surface area is 254 Å². The first-order chi connectivity index (χ1) is 20.8. The van der Waals surface area contributed by atoms with E-state index in [2.05, 4.69) is 20.9 Å². The van der Waals surface area contributed by atoms with E-state index in [4.69, 9.17) is 11.5 Å². The molecule has 0 saturated heterocycles. The number of amides is 4. The number of H-pyrrole nitrogens is 1. The predicted octanol–water partition coefficient (Wildman–Crippen LogP) is 0.837. The molecule has 0 bridgehead atoms. The largest absolute Gasteiger partial charge is 0.508 e. The van der Waals surface area contributed by atoms with Crippen LogP contribution in [0, 0.1) is 5.92 Å². The van der Waals surface area contributed by atoms with Gasteiger partial charge in [-0.3, -0.25) is 19.2 Å². The average molecular weight is 609 g/mol. The summed E-state index contributed by atoms with van der Waals surface area (Å²) < 4.78 is 0. The number of rotatable bonds is 16. The van der Waals surface area contributed by atoms with Crippen molar-refractivity contribution in [3.05, 3.63) is 65.9 Å². The number of benzene rings is 2. The summed E-state index contributed by atoms with van der Waals surface area (Å²) in [5.74, 6) is -4.07. The molecule has 0 aliphatic rings. The van der Waals surface area contributed by atoms with Gasteiger partial charge in [-0.05, 0) is 54.5 Å². The summed E-state index contributed by atoms with van der Waals surface area (Å²) in [6, 6.07) is 8.80. The standard InChI is InChI=1S/C31H40N6O7/c1-17(2)13-25(30(42)37-26(31(43)44)15-19-16-34-23-6-4-3-5-21(19)23)36-29(41)24(11-12-27(33)39)35-28(40)22(32)14-18-7-9-20(38)10-8-18/h3-10,16-17,22,24-26,34,38H,11-15,32H2,1-2H3,(H2,33,39)(H,35,40)(H,36,41)(H,37,42)(H,43,44). The second-order valence-electron chi connectivity index (χ2n) is 11.2. The SMILES string of the molecule is CC(C)CC(NC(=O)C(CCC(N)=O)NC(=O)C(N)Cc1ccc(O)cc1)C(=O)NC(Cc1c[nH]c2ccccc12)C(=O)O. The highest BCUT2D eigenvalue weighted by molar-refractivity contribution is 5.94. The van der Waals surface area contributed by atoms with E-state index >= 15 is 0 Å². The van der Waals surface area contributed by atoms with E-state index in [0.29, 0.717) is 11.1 Å². The first-order valence-corrected chi connectivity index (χ1v) is 14.3. The zero-order valence-corrected chi connectivity index (χ0v) is 24.7. The first-order valence-electron chi connectivity index (χ1n) is 14.3. The second kappa shape index (κ2) is 15.5. The van der Waals surface area contributed by atoms with Crippen LogP contribution >= 0.6 is 0 Å². The minimum absolute atomic E-state index is 0.00362. The molecule has 0 aliphatic carbocycles. The predicted molar refractivity (Wildman–Crippen MR) is 163 cm³/mol. The molecular formula is C31H40N6O7. The van der Waals surface area contributed by atoms with Gasteiger partial charge < -0.3 is 42.6 Å². The lowest BCUT2D eigenvalue weighted by molar-refractivity contribution is -0.142. The van der Waals surface area contributed by atoms with Crippen molar-refractivity contribution in [2.75, 3.05) is 0 Å². The molecule has 10 N–H and O–H groups in total. The Kier molecular flexibility index (Phi) is 11.9. The van der Waals surface area contributed by atoms with E-state index in [0.717, 1.165) is 10.9 Å². The van der Waals surface area contributed by atoms with Gasteiger partial charge in [-0.15, -0.1) is 0 Å². The third kappa shape index (κ3) is 9.83. The molecule has 4 atom stereocenters. The molecule has 44 heavy (non-hydrogen) atoms. The summed E-state index contributed by atoms with van der Waals surface area (Å²) in [6.07, 6.45) is 1.61. The molecular weight excluding hydrogens is 568 g/mol. The summed E-state index contributed by atoms with van der Waals surface area (Å²) in [5.41, 5.74) is 13.6. The van der Waals surface area contributed by atoms with Gasteiger partial charge in [0.05, 0.1) is 6.04 Å². The maximum atomic E-state index is 13.4. The van der Waals surface area contributed by atoms with Gasteiger partial charge in [-0.1, -0.05) is 44.2 Å². The molecule has 0 aliphatic heterocycles. The number of hydrogen-bond donors (Lipinski definition) is 8. The molecule has 3 aromatic rings. The zero-order valence-electron chi connectivity index (χ0n) is 24.7. The Morgan fingerprint density at radius 3 is 2.09 bits per heavy atom. The van der Waals surface area contributed by atoms with Gasteiger partial charge in [0.15, 0.2) is 0 Å². The van der Waals surface area contributed by atoms with Crippen LogP contribution in [0.2, 0.25) is 0 Å². The number of carboxylic acids is 1. The van der Waals surface area contributed by atoms with Crippen LogP contribution in [-0.2, 0) is 36.8 Å². The lowest BCUT2D eigenvalue weighted by Gasteiger charge is -2.26. The number of carboxylic acid groups (broad SMARTS) is 1. The Bertz CT molecular complexity index is 1470. The molecule has 4 unspecified atom stereocenters. The highest BCUT2D eigenvalue weighted by Gasteiger charge is 2.31. The van der Waals surface area contributed by atoms with Gasteiger partial charge in [-0.2, -0.15) is 0 Å². The second-order valence-corrected chi connectivity index (χ2v) is 11.2. The first kappa shape index (κ1) is 33.6. The number of hydrogen-bond acceptors (Lipinski definition) is 7. The molecule has 13 heteroatoms. The van der Waals surface area contributed by atoms with Crippen molar-refractivity contribution in [2.45, 2.75) is 70.1 Å². The molecule has 4 amide bonds. The van der Waals surface area contributed by atoms with E-state index < -0.39 is 53.8 Å². The minimum atomic E-state index is -1.28. The van der Waals surface area contributed by atoms with Crippen LogP contribution in [-0.4, -0.2) is 69.0 Å². The molecule has 1 aromatic heterocycles. The van der Waals surface area contributed by atoms with Gasteiger partial charge in [0, 0.05) is 29.9 Å². The summed E-state index contributed by atoms with van der Waals surface area (Å²) in [5, 5.41) is 27.9. The summed E-state index contributed by atoms with van der Waals surface area (Å²) in [7, 11) is 0. The average Bonchev–Trinajstić information content (AvgIpc) is 3.37. The maximum absolute atomic E-state index is 13.4. The van der Waals surface area contributed by atoms with Gasteiger partial charge in [0.2, 0.25) is 23.6 Å².